The smallest absolute Gasteiger partial charge is 0.141 e. The van der Waals surface area contributed by atoms with Gasteiger partial charge in [0, 0.05) is 39.2 Å². The summed E-state index contributed by atoms with van der Waals surface area (Å²) in [7, 11) is 2.04. The third kappa shape index (κ3) is 16.4. The maximum absolute atomic E-state index is 5.96. The minimum absolute atomic E-state index is 0.000369. The quantitative estimate of drug-likeness (QED) is 0.119. The van der Waals surface area contributed by atoms with Crippen LogP contribution in [0.25, 0.3) is 0 Å². The molecule has 1 aromatic rings. The molecule has 0 N–H and O–H groups in total. The second kappa shape index (κ2) is 22.3. The Kier molecular flexibility index (Phi) is 19.1. The third-order valence-corrected chi connectivity index (χ3v) is 7.13. The van der Waals surface area contributed by atoms with Gasteiger partial charge in [0.1, 0.15) is 12.8 Å². The Hall–Kier alpha value is -1.56. The van der Waals surface area contributed by atoms with Crippen LogP contribution in [0.3, 0.4) is 0 Å². The topological polar surface area (TPSA) is 34.2 Å². The SMILES string of the molecule is CCCCCCCCCCCCCCCCOCC(COCc1ccc(CN2[CH]N(C)C=C2)cc1)OCC. The van der Waals surface area contributed by atoms with Crippen LogP contribution in [0.15, 0.2) is 36.7 Å². The van der Waals surface area contributed by atoms with Crippen molar-refractivity contribution in [3.05, 3.63) is 54.5 Å². The zero-order valence-electron chi connectivity index (χ0n) is 24.9. The van der Waals surface area contributed by atoms with Crippen LogP contribution in [0.2, 0.25) is 0 Å². The van der Waals surface area contributed by atoms with Gasteiger partial charge >= 0.3 is 0 Å². The molecular formula is C33H57N2O3. The zero-order chi connectivity index (χ0) is 27.1. The molecule has 5 heteroatoms. The van der Waals surface area contributed by atoms with Gasteiger partial charge in [0.25, 0.3) is 0 Å². The standard InChI is InChI=1S/C33H57N2O3/c1-4-6-7-8-9-10-11-12-13-14-15-16-17-18-25-36-28-33(38-5-2)29-37-27-32-21-19-31(20-22-32)26-35-24-23-34(3)30-35/h19-24,30,33H,4-18,25-29H2,1-3H3. The summed E-state index contributed by atoms with van der Waals surface area (Å²) in [5.41, 5.74) is 2.47. The lowest BCUT2D eigenvalue weighted by atomic mass is 10.0. The second-order valence-electron chi connectivity index (χ2n) is 10.8. The third-order valence-electron chi connectivity index (χ3n) is 7.13. The summed E-state index contributed by atoms with van der Waals surface area (Å²) >= 11 is 0. The summed E-state index contributed by atoms with van der Waals surface area (Å²) in [6, 6.07) is 8.66. The van der Waals surface area contributed by atoms with Crippen molar-refractivity contribution in [1.82, 2.24) is 9.80 Å². The van der Waals surface area contributed by atoms with Gasteiger partial charge in [-0.3, -0.25) is 0 Å². The van der Waals surface area contributed by atoms with Gasteiger partial charge < -0.3 is 24.0 Å². The number of hydrogen-bond donors (Lipinski definition) is 0. The molecule has 0 aliphatic carbocycles. The molecule has 0 fully saturated rings. The summed E-state index contributed by atoms with van der Waals surface area (Å²) in [4.78, 5) is 4.23. The number of hydrogen-bond acceptors (Lipinski definition) is 5. The van der Waals surface area contributed by atoms with Crippen LogP contribution >= 0.6 is 0 Å². The number of rotatable bonds is 25. The van der Waals surface area contributed by atoms with Gasteiger partial charge in [0.2, 0.25) is 0 Å². The van der Waals surface area contributed by atoms with Crippen LogP contribution in [0.1, 0.15) is 115 Å². The van der Waals surface area contributed by atoms with Crippen LogP contribution in [0, 0.1) is 6.67 Å². The molecule has 0 spiro atoms. The Bertz CT molecular complexity index is 694. The molecule has 5 nitrogen and oxygen atoms in total. The fourth-order valence-electron chi connectivity index (χ4n) is 4.85. The summed E-state index contributed by atoms with van der Waals surface area (Å²) in [5, 5.41) is 0. The molecule has 1 atom stereocenters. The fourth-order valence-corrected chi connectivity index (χ4v) is 4.85. The van der Waals surface area contributed by atoms with Gasteiger partial charge in [-0.15, -0.1) is 0 Å². The van der Waals surface area contributed by atoms with Crippen LogP contribution in [-0.4, -0.2) is 49.4 Å². The maximum atomic E-state index is 5.96. The highest BCUT2D eigenvalue weighted by Crippen LogP contribution is 2.15. The molecule has 1 aliphatic rings. The van der Waals surface area contributed by atoms with E-state index in [-0.39, 0.29) is 6.10 Å². The van der Waals surface area contributed by atoms with Gasteiger partial charge in [0.15, 0.2) is 0 Å². The van der Waals surface area contributed by atoms with Crippen molar-refractivity contribution in [2.24, 2.45) is 0 Å². The summed E-state index contributed by atoms with van der Waals surface area (Å²) in [6.45, 7) is 10.6. The van der Waals surface area contributed by atoms with Gasteiger partial charge in [-0.05, 0) is 24.5 Å². The minimum atomic E-state index is 0.000369. The molecule has 0 amide bonds. The predicted molar refractivity (Wildman–Crippen MR) is 159 cm³/mol. The monoisotopic (exact) mass is 529 g/mol. The fraction of sp³-hybridized carbons (Fsp3) is 0.727. The Morgan fingerprint density at radius 2 is 1.21 bits per heavy atom. The number of unbranched alkanes of at least 4 members (excludes halogenated alkanes) is 13. The Morgan fingerprint density at radius 3 is 1.76 bits per heavy atom. The van der Waals surface area contributed by atoms with Crippen molar-refractivity contribution < 1.29 is 14.2 Å². The normalized spacial score (nSPS) is 14.1. The maximum Gasteiger partial charge on any atom is 0.141 e. The highest BCUT2D eigenvalue weighted by Gasteiger charge is 2.11. The first kappa shape index (κ1) is 32.7. The molecule has 0 saturated heterocycles. The Morgan fingerprint density at radius 1 is 0.658 bits per heavy atom. The van der Waals surface area contributed by atoms with E-state index in [4.69, 9.17) is 14.2 Å². The zero-order valence-corrected chi connectivity index (χ0v) is 24.9. The van der Waals surface area contributed by atoms with E-state index in [1.807, 2.05) is 14.0 Å². The lowest BCUT2D eigenvalue weighted by Crippen LogP contribution is -2.26. The lowest BCUT2D eigenvalue weighted by molar-refractivity contribution is -0.0601. The van der Waals surface area contributed by atoms with Crippen molar-refractivity contribution in [2.45, 2.75) is 123 Å². The van der Waals surface area contributed by atoms with Crippen LogP contribution < -0.4 is 0 Å². The predicted octanol–water partition coefficient (Wildman–Crippen LogP) is 8.44. The minimum Gasteiger partial charge on any atom is -0.379 e. The second-order valence-corrected chi connectivity index (χ2v) is 10.8. The van der Waals surface area contributed by atoms with Gasteiger partial charge in [-0.25, -0.2) is 0 Å². The van der Waals surface area contributed by atoms with Crippen LogP contribution in [-0.2, 0) is 27.4 Å². The molecule has 1 radical (unpaired) electrons. The molecule has 0 bridgehead atoms. The largest absolute Gasteiger partial charge is 0.379 e. The van der Waals surface area contributed by atoms with E-state index < -0.39 is 0 Å². The molecular weight excluding hydrogens is 472 g/mol. The van der Waals surface area contributed by atoms with Gasteiger partial charge in [-0.2, -0.15) is 0 Å². The average molecular weight is 530 g/mol. The number of ether oxygens (including phenoxy) is 3. The first-order chi connectivity index (χ1) is 18.7. The molecule has 1 aliphatic heterocycles. The van der Waals surface area contributed by atoms with Crippen LogP contribution in [0.5, 0.6) is 0 Å². The molecule has 0 saturated carbocycles. The van der Waals surface area contributed by atoms with E-state index in [1.165, 1.54) is 94.6 Å². The van der Waals surface area contributed by atoms with E-state index in [0.717, 1.165) is 19.6 Å². The van der Waals surface area contributed by atoms with Crippen molar-refractivity contribution >= 4 is 0 Å². The van der Waals surface area contributed by atoms with E-state index in [2.05, 4.69) is 60.1 Å². The first-order valence-electron chi connectivity index (χ1n) is 15.6. The van der Waals surface area contributed by atoms with Crippen molar-refractivity contribution in [2.75, 3.05) is 33.5 Å². The van der Waals surface area contributed by atoms with E-state index in [1.54, 1.807) is 0 Å². The summed E-state index contributed by atoms with van der Waals surface area (Å²) in [5.74, 6) is 0. The van der Waals surface area contributed by atoms with Gasteiger partial charge in [0.05, 0.1) is 19.8 Å². The molecule has 1 unspecified atom stereocenters. The highest BCUT2D eigenvalue weighted by atomic mass is 16.6. The van der Waals surface area contributed by atoms with Crippen molar-refractivity contribution in [3.63, 3.8) is 0 Å². The van der Waals surface area contributed by atoms with Gasteiger partial charge in [-0.1, -0.05) is 115 Å². The summed E-state index contributed by atoms with van der Waals surface area (Å²) < 4.78 is 17.7. The molecule has 0 aromatic heterocycles. The first-order valence-corrected chi connectivity index (χ1v) is 15.6. The Balaban J connectivity index is 1.42. The van der Waals surface area contributed by atoms with E-state index >= 15 is 0 Å². The lowest BCUT2D eigenvalue weighted by Gasteiger charge is -2.18. The summed E-state index contributed by atoms with van der Waals surface area (Å²) in [6.07, 6.45) is 23.5. The molecule has 2 rings (SSSR count). The molecule has 217 valence electrons. The van der Waals surface area contributed by atoms with E-state index in [9.17, 15) is 0 Å². The van der Waals surface area contributed by atoms with Crippen LogP contribution in [0.4, 0.5) is 0 Å². The number of benzene rings is 1. The Labute approximate surface area is 234 Å². The van der Waals surface area contributed by atoms with Crippen molar-refractivity contribution in [3.8, 4) is 0 Å². The van der Waals surface area contributed by atoms with E-state index in [0.29, 0.717) is 26.4 Å². The highest BCUT2D eigenvalue weighted by molar-refractivity contribution is 5.22. The molecule has 1 aromatic carbocycles. The van der Waals surface area contributed by atoms with Crippen molar-refractivity contribution in [1.29, 1.82) is 0 Å². The average Bonchev–Trinajstić information content (AvgIpc) is 3.33. The number of nitrogens with zero attached hydrogens (tertiary/aromatic N) is 2. The molecule has 38 heavy (non-hydrogen) atoms. The molecule has 1 heterocycles.